The number of amides is 2. The summed E-state index contributed by atoms with van der Waals surface area (Å²) < 4.78 is 0. The second-order valence-electron chi connectivity index (χ2n) is 6.30. The summed E-state index contributed by atoms with van der Waals surface area (Å²) in [6, 6.07) is 7.48. The van der Waals surface area contributed by atoms with Crippen molar-refractivity contribution in [3.63, 3.8) is 0 Å². The van der Waals surface area contributed by atoms with Crippen LogP contribution in [0.2, 0.25) is 0 Å². The first-order valence-corrected chi connectivity index (χ1v) is 9.39. The third kappa shape index (κ3) is 4.44. The molecule has 1 heterocycles. The van der Waals surface area contributed by atoms with Gasteiger partial charge < -0.3 is 25.7 Å². The number of hydrogen-bond donors (Lipinski definition) is 4. The number of unbranched alkanes of at least 4 members (excludes halogenated alkanes) is 1. The minimum absolute atomic E-state index is 0.204. The number of nitrogens with one attached hydrogen (secondary N) is 1. The van der Waals surface area contributed by atoms with Gasteiger partial charge in [0.15, 0.2) is 8.38 Å². The third-order valence-electron chi connectivity index (χ3n) is 4.13. The van der Waals surface area contributed by atoms with Gasteiger partial charge in [0.2, 0.25) is 0 Å². The summed E-state index contributed by atoms with van der Waals surface area (Å²) in [4.78, 5) is 36.5. The molecule has 0 fully saturated rings. The number of amidine groups is 1. The van der Waals surface area contributed by atoms with Gasteiger partial charge in [0.25, 0.3) is 0 Å². The monoisotopic (exact) mass is 352 g/mol. The van der Waals surface area contributed by atoms with Crippen LogP contribution in [-0.2, 0) is 5.54 Å². The molecule has 1 aromatic rings. The average Bonchev–Trinajstić information content (AvgIpc) is 2.61. The molecular formula is C16H25N4O3P. The molecule has 0 aromatic heterocycles. The van der Waals surface area contributed by atoms with E-state index in [1.807, 2.05) is 38.1 Å². The number of rotatable bonds is 5. The molecule has 0 atom stereocenters. The highest BCUT2D eigenvalue weighted by atomic mass is 31.2. The predicted octanol–water partition coefficient (Wildman–Crippen LogP) is 2.01. The molecule has 8 heteroatoms. The molecule has 0 saturated heterocycles. The van der Waals surface area contributed by atoms with Gasteiger partial charge in [-0.05, 0) is 32.8 Å². The van der Waals surface area contributed by atoms with Gasteiger partial charge in [0.05, 0.1) is 17.8 Å². The van der Waals surface area contributed by atoms with Crippen LogP contribution in [-0.4, -0.2) is 45.8 Å². The number of nitrogens with zero attached hydrogens (tertiary/aromatic N) is 2. The molecule has 0 unspecified atom stereocenters. The van der Waals surface area contributed by atoms with Crippen molar-refractivity contribution in [3.05, 3.63) is 29.8 Å². The predicted molar refractivity (Wildman–Crippen MR) is 96.3 cm³/mol. The molecule has 0 bridgehead atoms. The number of carbonyl (C=O) groups excluding carboxylic acids is 1. The summed E-state index contributed by atoms with van der Waals surface area (Å²) in [5, 5.41) is 2.88. The molecular weight excluding hydrogens is 327 g/mol. The fourth-order valence-electron chi connectivity index (χ4n) is 2.78. The molecule has 1 aromatic carbocycles. The summed E-state index contributed by atoms with van der Waals surface area (Å²) in [5.74, 6) is 0.398. The molecule has 0 radical (unpaired) electrons. The largest absolute Gasteiger partial charge is 0.386 e. The van der Waals surface area contributed by atoms with Crippen molar-refractivity contribution in [1.82, 2.24) is 10.2 Å². The van der Waals surface area contributed by atoms with Gasteiger partial charge in [-0.3, -0.25) is 0 Å². The third-order valence-corrected chi connectivity index (χ3v) is 4.84. The zero-order valence-electron chi connectivity index (χ0n) is 14.1. The first-order chi connectivity index (χ1) is 11.3. The van der Waals surface area contributed by atoms with E-state index in [9.17, 15) is 4.79 Å². The lowest BCUT2D eigenvalue weighted by Gasteiger charge is -2.37. The maximum atomic E-state index is 12.6. The Bertz CT molecular complexity index is 619. The Labute approximate surface area is 143 Å². The number of fused-ring (bicyclic) bond motifs is 1. The molecule has 132 valence electrons. The topological polar surface area (TPSA) is 111 Å². The van der Waals surface area contributed by atoms with E-state index in [1.54, 1.807) is 4.90 Å². The zero-order chi connectivity index (χ0) is 17.7. The Morgan fingerprint density at radius 1 is 1.38 bits per heavy atom. The number of nitrogens with two attached hydrogens (primary N) is 1. The molecule has 1 aliphatic heterocycles. The SMILES string of the molecule is CC1(C)c2ccccc2N=C(N)CN1C(=O)NCCCCP(O)O. The van der Waals surface area contributed by atoms with Crippen LogP contribution in [0.15, 0.2) is 29.3 Å². The van der Waals surface area contributed by atoms with Crippen LogP contribution in [0.5, 0.6) is 0 Å². The fourth-order valence-corrected chi connectivity index (χ4v) is 3.28. The lowest BCUT2D eigenvalue weighted by Crippen LogP contribution is -2.52. The van der Waals surface area contributed by atoms with E-state index in [2.05, 4.69) is 10.3 Å². The van der Waals surface area contributed by atoms with E-state index in [0.717, 1.165) is 11.3 Å². The number of hydrogen-bond acceptors (Lipinski definition) is 5. The summed E-state index contributed by atoms with van der Waals surface area (Å²) >= 11 is 0. The minimum atomic E-state index is -1.85. The first kappa shape index (κ1) is 18.6. The average molecular weight is 352 g/mol. The van der Waals surface area contributed by atoms with E-state index in [0.29, 0.717) is 31.4 Å². The van der Waals surface area contributed by atoms with Gasteiger partial charge in [-0.25, -0.2) is 9.79 Å². The van der Waals surface area contributed by atoms with Crippen LogP contribution in [0.3, 0.4) is 0 Å². The van der Waals surface area contributed by atoms with E-state index in [4.69, 9.17) is 15.5 Å². The van der Waals surface area contributed by atoms with Crippen molar-refractivity contribution < 1.29 is 14.6 Å². The van der Waals surface area contributed by atoms with Crippen molar-refractivity contribution in [3.8, 4) is 0 Å². The highest BCUT2D eigenvalue weighted by Gasteiger charge is 2.36. The van der Waals surface area contributed by atoms with Gasteiger partial charge >= 0.3 is 6.03 Å². The van der Waals surface area contributed by atoms with E-state index < -0.39 is 13.9 Å². The highest BCUT2D eigenvalue weighted by molar-refractivity contribution is 7.45. The van der Waals surface area contributed by atoms with E-state index in [1.165, 1.54) is 0 Å². The van der Waals surface area contributed by atoms with Crippen LogP contribution < -0.4 is 11.1 Å². The Kier molecular flexibility index (Phi) is 6.15. The molecule has 0 spiro atoms. The summed E-state index contributed by atoms with van der Waals surface area (Å²) in [6.07, 6.45) is 1.72. The summed E-state index contributed by atoms with van der Waals surface area (Å²) in [5.41, 5.74) is 7.17. The number of aliphatic imine (C=N–C) groups is 1. The lowest BCUT2D eigenvalue weighted by molar-refractivity contribution is 0.148. The number of benzene rings is 1. The zero-order valence-corrected chi connectivity index (χ0v) is 15.0. The van der Waals surface area contributed by atoms with Gasteiger partial charge in [-0.1, -0.05) is 18.2 Å². The minimum Gasteiger partial charge on any atom is -0.386 e. The molecule has 1 aliphatic rings. The van der Waals surface area contributed by atoms with E-state index >= 15 is 0 Å². The summed E-state index contributed by atoms with van der Waals surface area (Å²) in [7, 11) is -1.85. The normalized spacial score (nSPS) is 16.4. The maximum absolute atomic E-state index is 12.6. The van der Waals surface area contributed by atoms with Gasteiger partial charge in [0, 0.05) is 18.3 Å². The maximum Gasteiger partial charge on any atom is 0.318 e. The molecule has 0 aliphatic carbocycles. The summed E-state index contributed by atoms with van der Waals surface area (Å²) in [6.45, 7) is 4.69. The molecule has 7 nitrogen and oxygen atoms in total. The molecule has 2 rings (SSSR count). The highest BCUT2D eigenvalue weighted by Crippen LogP contribution is 2.36. The fraction of sp³-hybridized carbons (Fsp3) is 0.500. The van der Waals surface area contributed by atoms with Gasteiger partial charge in [-0.2, -0.15) is 0 Å². The van der Waals surface area contributed by atoms with Crippen LogP contribution in [0.25, 0.3) is 0 Å². The van der Waals surface area contributed by atoms with Crippen molar-refractivity contribution in [1.29, 1.82) is 0 Å². The van der Waals surface area contributed by atoms with Crippen LogP contribution >= 0.6 is 8.38 Å². The smallest absolute Gasteiger partial charge is 0.318 e. The number of urea groups is 1. The van der Waals surface area contributed by atoms with Crippen molar-refractivity contribution in [2.75, 3.05) is 19.3 Å². The molecule has 5 N–H and O–H groups in total. The van der Waals surface area contributed by atoms with Gasteiger partial charge in [0.1, 0.15) is 5.84 Å². The van der Waals surface area contributed by atoms with Gasteiger partial charge in [-0.15, -0.1) is 0 Å². The van der Waals surface area contributed by atoms with Crippen molar-refractivity contribution >= 4 is 25.9 Å². The number of para-hydroxylation sites is 1. The standard InChI is InChI=1S/C16H25N4O3P/c1-16(2)12-7-3-4-8-13(12)19-14(17)11-20(16)15(21)18-9-5-6-10-24(22)23/h3-4,7-8,22-23H,5-6,9-11H2,1-2H3,(H2,17,19)(H,18,21). The molecule has 0 saturated carbocycles. The lowest BCUT2D eigenvalue weighted by atomic mass is 9.91. The Morgan fingerprint density at radius 3 is 2.79 bits per heavy atom. The number of carbonyl (C=O) groups is 1. The second-order valence-corrected chi connectivity index (χ2v) is 7.49. The van der Waals surface area contributed by atoms with Crippen LogP contribution in [0.4, 0.5) is 10.5 Å². The molecule has 24 heavy (non-hydrogen) atoms. The Balaban J connectivity index is 2.06. The van der Waals surface area contributed by atoms with Crippen molar-refractivity contribution in [2.24, 2.45) is 10.7 Å². The first-order valence-electron chi connectivity index (χ1n) is 7.95. The second kappa shape index (κ2) is 7.92. The van der Waals surface area contributed by atoms with Crippen LogP contribution in [0.1, 0.15) is 32.3 Å². The quantitative estimate of drug-likeness (QED) is 0.480. The van der Waals surface area contributed by atoms with E-state index in [-0.39, 0.29) is 12.6 Å². The van der Waals surface area contributed by atoms with Crippen LogP contribution in [0, 0.1) is 0 Å². The Hall–Kier alpha value is -1.69. The Morgan fingerprint density at radius 2 is 2.08 bits per heavy atom. The molecule has 2 amide bonds. The van der Waals surface area contributed by atoms with Crippen molar-refractivity contribution in [2.45, 2.75) is 32.2 Å².